The molecule has 4 rings (SSSR count). The van der Waals surface area contributed by atoms with E-state index in [0.29, 0.717) is 0 Å². The number of benzene rings is 2. The van der Waals surface area contributed by atoms with Crippen LogP contribution in [0.25, 0.3) is 16.8 Å². The molecule has 3 aromatic rings. The SMILES string of the molecule is CC1(C)OB(C(=Cc2ccc3c[nH]c(=O)cc3c2)CNC(=O)OCc2ccccc2)OC1(C)C. The van der Waals surface area contributed by atoms with E-state index in [1.54, 1.807) is 12.3 Å². The highest BCUT2D eigenvalue weighted by molar-refractivity contribution is 6.56. The van der Waals surface area contributed by atoms with Crippen LogP contribution in [0.15, 0.2) is 71.1 Å². The first kappa shape index (κ1) is 23.8. The zero-order valence-corrected chi connectivity index (χ0v) is 19.9. The van der Waals surface area contributed by atoms with Crippen molar-refractivity contribution in [2.24, 2.45) is 0 Å². The molecule has 0 aliphatic carbocycles. The van der Waals surface area contributed by atoms with Crippen LogP contribution < -0.4 is 10.9 Å². The Morgan fingerprint density at radius 2 is 1.74 bits per heavy atom. The Labute approximate surface area is 199 Å². The number of aromatic amines is 1. The minimum Gasteiger partial charge on any atom is -0.445 e. The standard InChI is InChI=1S/C26H29BN2O5/c1-25(2)26(3,4)34-27(33-25)22(16-29-24(31)32-17-18-8-6-5-7-9-18)13-19-10-11-20-15-28-23(30)14-21(20)12-19/h5-15H,16-17H2,1-4H3,(H,28,30)(H,29,31). The number of nitrogens with one attached hydrogen (secondary N) is 2. The maximum Gasteiger partial charge on any atom is 0.492 e. The lowest BCUT2D eigenvalue weighted by Gasteiger charge is -2.32. The van der Waals surface area contributed by atoms with Crippen molar-refractivity contribution in [3.05, 3.63) is 87.7 Å². The number of amides is 1. The third-order valence-corrected chi connectivity index (χ3v) is 6.33. The predicted molar refractivity (Wildman–Crippen MR) is 133 cm³/mol. The summed E-state index contributed by atoms with van der Waals surface area (Å²) in [4.78, 5) is 26.8. The van der Waals surface area contributed by atoms with E-state index in [2.05, 4.69) is 10.3 Å². The van der Waals surface area contributed by atoms with Gasteiger partial charge in [0.1, 0.15) is 6.61 Å². The van der Waals surface area contributed by atoms with E-state index in [-0.39, 0.29) is 18.7 Å². The van der Waals surface area contributed by atoms with Crippen LogP contribution in [0.2, 0.25) is 0 Å². The highest BCUT2D eigenvalue weighted by atomic mass is 16.7. The van der Waals surface area contributed by atoms with Crippen molar-refractivity contribution in [1.82, 2.24) is 10.3 Å². The third kappa shape index (κ3) is 5.40. The first-order chi connectivity index (χ1) is 16.1. The molecule has 0 saturated carbocycles. The van der Waals surface area contributed by atoms with Crippen molar-refractivity contribution < 1.29 is 18.8 Å². The maximum absolute atomic E-state index is 12.4. The van der Waals surface area contributed by atoms with Gasteiger partial charge in [0.15, 0.2) is 0 Å². The summed E-state index contributed by atoms with van der Waals surface area (Å²) in [6, 6.07) is 16.8. The monoisotopic (exact) mass is 460 g/mol. The Morgan fingerprint density at radius 3 is 2.44 bits per heavy atom. The molecule has 1 aliphatic rings. The van der Waals surface area contributed by atoms with Gasteiger partial charge in [0.2, 0.25) is 5.56 Å². The molecule has 1 saturated heterocycles. The summed E-state index contributed by atoms with van der Waals surface area (Å²) >= 11 is 0. The summed E-state index contributed by atoms with van der Waals surface area (Å²) < 4.78 is 17.8. The number of ether oxygens (including phenoxy) is 1. The molecule has 8 heteroatoms. The van der Waals surface area contributed by atoms with E-state index in [1.165, 1.54) is 0 Å². The van der Waals surface area contributed by atoms with Crippen LogP contribution in [0, 0.1) is 0 Å². The van der Waals surface area contributed by atoms with Crippen molar-refractivity contribution in [3.63, 3.8) is 0 Å². The molecule has 1 aromatic heterocycles. The van der Waals surface area contributed by atoms with Gasteiger partial charge in [-0.05, 0) is 61.1 Å². The summed E-state index contributed by atoms with van der Waals surface area (Å²) in [5, 5.41) is 4.55. The van der Waals surface area contributed by atoms with Crippen molar-refractivity contribution >= 4 is 30.1 Å². The molecule has 0 spiro atoms. The number of H-pyrrole nitrogens is 1. The summed E-state index contributed by atoms with van der Waals surface area (Å²) in [5.74, 6) is 0. The second-order valence-electron chi connectivity index (χ2n) is 9.41. The van der Waals surface area contributed by atoms with Crippen LogP contribution >= 0.6 is 0 Å². The molecular formula is C26H29BN2O5. The fourth-order valence-electron chi connectivity index (χ4n) is 3.63. The van der Waals surface area contributed by atoms with Gasteiger partial charge >= 0.3 is 13.2 Å². The minimum absolute atomic E-state index is 0.164. The van der Waals surface area contributed by atoms with Gasteiger partial charge in [-0.3, -0.25) is 4.79 Å². The van der Waals surface area contributed by atoms with Crippen LogP contribution in [0.5, 0.6) is 0 Å². The first-order valence-corrected chi connectivity index (χ1v) is 11.3. The molecule has 1 aliphatic heterocycles. The maximum atomic E-state index is 12.4. The number of hydrogen-bond acceptors (Lipinski definition) is 5. The molecule has 0 unspecified atom stereocenters. The van der Waals surface area contributed by atoms with Crippen LogP contribution in [0.1, 0.15) is 38.8 Å². The van der Waals surface area contributed by atoms with Gasteiger partial charge in [0.05, 0.1) is 11.2 Å². The van der Waals surface area contributed by atoms with Gasteiger partial charge in [-0.15, -0.1) is 0 Å². The van der Waals surface area contributed by atoms with Gasteiger partial charge in [0, 0.05) is 18.8 Å². The van der Waals surface area contributed by atoms with Gasteiger partial charge in [-0.1, -0.05) is 48.5 Å². The molecule has 2 N–H and O–H groups in total. The number of pyridine rings is 1. The largest absolute Gasteiger partial charge is 0.492 e. The predicted octanol–water partition coefficient (Wildman–Crippen LogP) is 4.47. The molecule has 2 aromatic carbocycles. The Morgan fingerprint density at radius 1 is 1.03 bits per heavy atom. The number of carbonyl (C=O) groups is 1. The zero-order valence-electron chi connectivity index (χ0n) is 19.9. The number of carbonyl (C=O) groups excluding carboxylic acids is 1. The van der Waals surface area contributed by atoms with Crippen LogP contribution in [-0.2, 0) is 20.7 Å². The van der Waals surface area contributed by atoms with Crippen LogP contribution in [0.4, 0.5) is 4.79 Å². The molecule has 1 fully saturated rings. The number of alkyl carbamates (subject to hydrolysis) is 1. The van der Waals surface area contributed by atoms with Crippen molar-refractivity contribution in [1.29, 1.82) is 0 Å². The number of aromatic nitrogens is 1. The Kier molecular flexibility index (Phi) is 6.64. The highest BCUT2D eigenvalue weighted by Crippen LogP contribution is 2.38. The normalized spacial score (nSPS) is 17.1. The molecule has 0 bridgehead atoms. The van der Waals surface area contributed by atoms with Crippen LogP contribution in [-0.4, -0.2) is 35.9 Å². The minimum atomic E-state index is -0.644. The average Bonchev–Trinajstić information content (AvgIpc) is 3.02. The molecule has 7 nitrogen and oxygen atoms in total. The Balaban J connectivity index is 1.54. The highest BCUT2D eigenvalue weighted by Gasteiger charge is 2.52. The summed E-state index contributed by atoms with van der Waals surface area (Å²) in [5.41, 5.74) is 1.29. The van der Waals surface area contributed by atoms with Crippen LogP contribution in [0.3, 0.4) is 0 Å². The number of hydrogen-bond donors (Lipinski definition) is 2. The van der Waals surface area contributed by atoms with Gasteiger partial charge in [-0.25, -0.2) is 4.79 Å². The fraction of sp³-hybridized carbons (Fsp3) is 0.308. The van der Waals surface area contributed by atoms with Gasteiger partial charge in [-0.2, -0.15) is 0 Å². The van der Waals surface area contributed by atoms with Crippen molar-refractivity contribution in [2.45, 2.75) is 45.5 Å². The quantitative estimate of drug-likeness (QED) is 0.530. The van der Waals surface area contributed by atoms with E-state index < -0.39 is 24.4 Å². The summed E-state index contributed by atoms with van der Waals surface area (Å²) in [6.07, 6.45) is 3.07. The molecule has 0 radical (unpaired) electrons. The average molecular weight is 460 g/mol. The van der Waals surface area contributed by atoms with Crippen molar-refractivity contribution in [2.75, 3.05) is 6.54 Å². The molecule has 34 heavy (non-hydrogen) atoms. The topological polar surface area (TPSA) is 89.7 Å². The second-order valence-corrected chi connectivity index (χ2v) is 9.41. The Hall–Kier alpha value is -3.36. The van der Waals surface area contributed by atoms with E-state index in [0.717, 1.165) is 27.4 Å². The van der Waals surface area contributed by atoms with E-state index in [4.69, 9.17) is 14.0 Å². The first-order valence-electron chi connectivity index (χ1n) is 11.3. The summed E-state index contributed by atoms with van der Waals surface area (Å²) in [6.45, 7) is 8.28. The molecular weight excluding hydrogens is 431 g/mol. The lowest BCUT2D eigenvalue weighted by atomic mass is 9.77. The lowest BCUT2D eigenvalue weighted by molar-refractivity contribution is 0.00578. The van der Waals surface area contributed by atoms with Gasteiger partial charge < -0.3 is 24.3 Å². The van der Waals surface area contributed by atoms with E-state index in [9.17, 15) is 9.59 Å². The van der Waals surface area contributed by atoms with Crippen molar-refractivity contribution in [3.8, 4) is 0 Å². The third-order valence-electron chi connectivity index (χ3n) is 6.33. The van der Waals surface area contributed by atoms with E-state index in [1.807, 2.05) is 82.3 Å². The molecule has 176 valence electrons. The fourth-order valence-corrected chi connectivity index (χ4v) is 3.63. The molecule has 2 heterocycles. The Bertz CT molecular complexity index is 1250. The number of rotatable bonds is 6. The molecule has 1 amide bonds. The molecule has 0 atom stereocenters. The second kappa shape index (κ2) is 9.48. The smallest absolute Gasteiger partial charge is 0.445 e. The van der Waals surface area contributed by atoms with Gasteiger partial charge in [0.25, 0.3) is 0 Å². The lowest BCUT2D eigenvalue weighted by Crippen LogP contribution is -2.41. The van der Waals surface area contributed by atoms with E-state index >= 15 is 0 Å². The zero-order chi connectivity index (χ0) is 24.3. The summed E-state index contributed by atoms with van der Waals surface area (Å²) in [7, 11) is -0.644. The number of fused-ring (bicyclic) bond motifs is 1.